The van der Waals surface area contributed by atoms with Crippen LogP contribution < -0.4 is 0 Å². The average Bonchev–Trinajstić information content (AvgIpc) is 3.96. The number of carbonyl (C=O) groups is 1. The van der Waals surface area contributed by atoms with Gasteiger partial charge in [0, 0.05) is 19.1 Å². The minimum atomic E-state index is -3.88. The van der Waals surface area contributed by atoms with Crippen molar-refractivity contribution in [3.05, 3.63) is 41.5 Å². The third-order valence-corrected chi connectivity index (χ3v) is 14.2. The second kappa shape index (κ2) is 26.5. The number of benzene rings is 1. The molecule has 0 aliphatic carbocycles. The zero-order valence-electron chi connectivity index (χ0n) is 37.1. The summed E-state index contributed by atoms with van der Waals surface area (Å²) in [6, 6.07) is 6.87. The van der Waals surface area contributed by atoms with Gasteiger partial charge in [-0.15, -0.1) is 0 Å². The van der Waals surface area contributed by atoms with Crippen LogP contribution in [0.15, 0.2) is 40.8 Å². The maximum Gasteiger partial charge on any atom is 0.334 e. The van der Waals surface area contributed by atoms with E-state index in [0.29, 0.717) is 42.8 Å². The SMILES string of the molecule is CCCCCCCCCC[C@@H](C)C1CC[C@H]([C@H]2CC[C@H](C(C)CCCCC(CCCCCC(CC3=C[C@H](C)OC3=O)OCOC)OS(=O)(=O)c3ccc(C)cc3)O2)O1. The van der Waals surface area contributed by atoms with E-state index in [1.54, 1.807) is 19.2 Å². The molecule has 3 aliphatic heterocycles. The maximum absolute atomic E-state index is 13.3. The molecule has 10 heteroatoms. The molecule has 0 amide bonds. The zero-order valence-corrected chi connectivity index (χ0v) is 38.0. The smallest absolute Gasteiger partial charge is 0.334 e. The largest absolute Gasteiger partial charge is 0.455 e. The van der Waals surface area contributed by atoms with Crippen molar-refractivity contribution >= 4 is 16.1 Å². The molecular formula is C48H80O9S. The molecule has 3 aliphatic rings. The highest BCUT2D eigenvalue weighted by Crippen LogP contribution is 2.37. The van der Waals surface area contributed by atoms with Gasteiger partial charge < -0.3 is 23.7 Å². The Morgan fingerprint density at radius 2 is 1.21 bits per heavy atom. The Kier molecular flexibility index (Phi) is 22.3. The van der Waals surface area contributed by atoms with Crippen LogP contribution in [0.5, 0.6) is 0 Å². The van der Waals surface area contributed by atoms with E-state index < -0.39 is 10.1 Å². The quantitative estimate of drug-likeness (QED) is 0.0313. The molecule has 2 fully saturated rings. The molecule has 4 rings (SSSR count). The molecule has 1 aromatic carbocycles. The van der Waals surface area contributed by atoms with Crippen LogP contribution in [-0.4, -0.2) is 71.0 Å². The molecule has 0 radical (unpaired) electrons. The number of methoxy groups -OCH3 is 1. The van der Waals surface area contributed by atoms with Gasteiger partial charge in [-0.2, -0.15) is 8.42 Å². The van der Waals surface area contributed by atoms with Crippen molar-refractivity contribution in [1.29, 1.82) is 0 Å². The van der Waals surface area contributed by atoms with E-state index in [1.807, 2.05) is 32.1 Å². The second-order valence-corrected chi connectivity index (χ2v) is 19.5. The number of hydrogen-bond acceptors (Lipinski definition) is 9. The number of esters is 1. The monoisotopic (exact) mass is 833 g/mol. The lowest BCUT2D eigenvalue weighted by atomic mass is 9.94. The highest BCUT2D eigenvalue weighted by atomic mass is 32.2. The van der Waals surface area contributed by atoms with Crippen molar-refractivity contribution in [2.75, 3.05) is 13.9 Å². The summed E-state index contributed by atoms with van der Waals surface area (Å²) in [5, 5.41) is 0. The number of aryl methyl sites for hydroxylation is 1. The summed E-state index contributed by atoms with van der Waals surface area (Å²) in [6.07, 6.45) is 27.0. The molecule has 0 bridgehead atoms. The maximum atomic E-state index is 13.3. The zero-order chi connectivity index (χ0) is 41.8. The normalized spacial score (nSPS) is 24.5. The van der Waals surface area contributed by atoms with Crippen molar-refractivity contribution in [1.82, 2.24) is 0 Å². The lowest BCUT2D eigenvalue weighted by molar-refractivity contribution is -0.139. The summed E-state index contributed by atoms with van der Waals surface area (Å²) >= 11 is 0. The minimum absolute atomic E-state index is 0.153. The third-order valence-electron chi connectivity index (χ3n) is 12.8. The molecule has 58 heavy (non-hydrogen) atoms. The van der Waals surface area contributed by atoms with Crippen molar-refractivity contribution < 1.29 is 41.1 Å². The fourth-order valence-corrected chi connectivity index (χ4v) is 10.2. The number of cyclic esters (lactones) is 1. The first kappa shape index (κ1) is 48.8. The van der Waals surface area contributed by atoms with Gasteiger partial charge in [-0.1, -0.05) is 122 Å². The molecule has 332 valence electrons. The van der Waals surface area contributed by atoms with Gasteiger partial charge in [0.1, 0.15) is 12.9 Å². The molecule has 9 nitrogen and oxygen atoms in total. The first-order chi connectivity index (χ1) is 28.0. The van der Waals surface area contributed by atoms with E-state index in [-0.39, 0.29) is 54.3 Å². The minimum Gasteiger partial charge on any atom is -0.455 e. The third kappa shape index (κ3) is 17.3. The Balaban J connectivity index is 1.17. The van der Waals surface area contributed by atoms with Crippen molar-refractivity contribution in [3.8, 4) is 0 Å². The molecule has 0 saturated carbocycles. The Hall–Kier alpha value is -1.82. The van der Waals surface area contributed by atoms with Gasteiger partial charge in [0.05, 0.1) is 41.5 Å². The molecular weight excluding hydrogens is 753 g/mol. The van der Waals surface area contributed by atoms with Crippen LogP contribution in [0, 0.1) is 18.8 Å². The molecule has 0 N–H and O–H groups in total. The number of rotatable bonds is 31. The summed E-state index contributed by atoms with van der Waals surface area (Å²) in [7, 11) is -2.29. The summed E-state index contributed by atoms with van der Waals surface area (Å²) in [6.45, 7) is 10.9. The van der Waals surface area contributed by atoms with Crippen molar-refractivity contribution in [2.24, 2.45) is 11.8 Å². The van der Waals surface area contributed by atoms with Gasteiger partial charge >= 0.3 is 5.97 Å². The van der Waals surface area contributed by atoms with Crippen LogP contribution >= 0.6 is 0 Å². The summed E-state index contributed by atoms with van der Waals surface area (Å²) in [5.74, 6) is 0.784. The van der Waals surface area contributed by atoms with E-state index in [0.717, 1.165) is 76.2 Å². The molecule has 0 aromatic heterocycles. The van der Waals surface area contributed by atoms with Crippen LogP contribution in [-0.2, 0) is 42.8 Å². The summed E-state index contributed by atoms with van der Waals surface area (Å²) in [5.41, 5.74) is 1.66. The lowest BCUT2D eigenvalue weighted by Crippen LogP contribution is -2.29. The summed E-state index contributed by atoms with van der Waals surface area (Å²) in [4.78, 5) is 12.4. The van der Waals surface area contributed by atoms with Crippen LogP contribution in [0.2, 0.25) is 0 Å². The first-order valence-electron chi connectivity index (χ1n) is 23.3. The van der Waals surface area contributed by atoms with Gasteiger partial charge in [0.25, 0.3) is 10.1 Å². The van der Waals surface area contributed by atoms with E-state index >= 15 is 0 Å². The first-order valence-corrected chi connectivity index (χ1v) is 24.7. The standard InChI is InChI=1S/C48H80O9S/c1-7-8-9-10-11-12-13-15-20-37(3)44-29-31-46(55-44)47-32-30-45(56-47)38(4)21-18-19-23-41(57-58(50,51)43-27-25-36(2)26-28-43)22-16-14-17-24-42(53-35-52-6)34-40-33-39(5)54-48(40)49/h25-28,33,37-39,41-42,44-47H,7-24,29-32,34-35H2,1-6H3/t37-,38?,39+,41?,42?,44?,45-,46-,47-/m1/s1. The van der Waals surface area contributed by atoms with Crippen molar-refractivity contribution in [3.63, 3.8) is 0 Å². The van der Waals surface area contributed by atoms with E-state index in [9.17, 15) is 13.2 Å². The lowest BCUT2D eigenvalue weighted by Gasteiger charge is -2.25. The number of carbonyl (C=O) groups excluding carboxylic acids is 1. The number of hydrogen-bond donors (Lipinski definition) is 0. The predicted molar refractivity (Wildman–Crippen MR) is 231 cm³/mol. The summed E-state index contributed by atoms with van der Waals surface area (Å²) < 4.78 is 62.3. The number of unbranched alkanes of at least 4 members (excludes halogenated alkanes) is 10. The van der Waals surface area contributed by atoms with Crippen molar-refractivity contribution in [2.45, 2.75) is 230 Å². The topological polar surface area (TPSA) is 107 Å². The number of ether oxygens (including phenoxy) is 5. The van der Waals surface area contributed by atoms with Crippen LogP contribution in [0.1, 0.15) is 181 Å². The van der Waals surface area contributed by atoms with Gasteiger partial charge in [-0.25, -0.2) is 4.79 Å². The average molecular weight is 833 g/mol. The molecule has 3 heterocycles. The molecule has 9 atom stereocenters. The van der Waals surface area contributed by atoms with Crippen LogP contribution in [0.4, 0.5) is 0 Å². The predicted octanol–water partition coefficient (Wildman–Crippen LogP) is 11.7. The highest BCUT2D eigenvalue weighted by molar-refractivity contribution is 7.86. The second-order valence-electron chi connectivity index (χ2n) is 17.9. The Labute approximate surface area is 353 Å². The molecule has 1 aromatic rings. The van der Waals surface area contributed by atoms with Gasteiger partial charge in [0.2, 0.25) is 0 Å². The Bertz CT molecular complexity index is 1430. The molecule has 2 saturated heterocycles. The highest BCUT2D eigenvalue weighted by Gasteiger charge is 2.39. The van der Waals surface area contributed by atoms with E-state index in [4.69, 9.17) is 27.9 Å². The fraction of sp³-hybridized carbons (Fsp3) is 0.812. The Morgan fingerprint density at radius 3 is 1.76 bits per heavy atom. The van der Waals surface area contributed by atoms with E-state index in [1.165, 1.54) is 57.8 Å². The fourth-order valence-electron chi connectivity index (χ4n) is 9.11. The van der Waals surface area contributed by atoms with E-state index in [2.05, 4.69) is 20.8 Å². The molecule has 4 unspecified atom stereocenters. The van der Waals surface area contributed by atoms with Gasteiger partial charge in [-0.3, -0.25) is 4.18 Å². The van der Waals surface area contributed by atoms with Gasteiger partial charge in [0.15, 0.2) is 0 Å². The van der Waals surface area contributed by atoms with Gasteiger partial charge in [-0.05, 0) is 102 Å². The Morgan fingerprint density at radius 1 is 0.707 bits per heavy atom. The molecule has 0 spiro atoms. The van der Waals surface area contributed by atoms with Crippen LogP contribution in [0.25, 0.3) is 0 Å². The van der Waals surface area contributed by atoms with Crippen LogP contribution in [0.3, 0.4) is 0 Å².